The molecule has 0 saturated heterocycles. The Morgan fingerprint density at radius 1 is 1.39 bits per heavy atom. The second-order valence-electron chi connectivity index (χ2n) is 3.77. The van der Waals surface area contributed by atoms with Crippen LogP contribution >= 0.6 is 27.7 Å². The van der Waals surface area contributed by atoms with Crippen LogP contribution in [0.4, 0.5) is 5.82 Å². The Bertz CT molecular complexity index is 599. The van der Waals surface area contributed by atoms with E-state index in [2.05, 4.69) is 35.9 Å². The number of nitrogens with zero attached hydrogens (tertiary/aromatic N) is 5. The summed E-state index contributed by atoms with van der Waals surface area (Å²) in [4.78, 5) is 19.1. The van der Waals surface area contributed by atoms with Crippen LogP contribution in [0, 0.1) is 0 Å². The Hall–Kier alpha value is -1.21. The van der Waals surface area contributed by atoms with E-state index in [0.29, 0.717) is 16.6 Å². The third-order valence-electron chi connectivity index (χ3n) is 2.07. The summed E-state index contributed by atoms with van der Waals surface area (Å²) in [7, 11) is 3.82. The predicted molar refractivity (Wildman–Crippen MR) is 78.7 cm³/mol. The zero-order chi connectivity index (χ0) is 13.1. The zero-order valence-electron chi connectivity index (χ0n) is 10.3. The third kappa shape index (κ3) is 2.97. The van der Waals surface area contributed by atoms with Gasteiger partial charge in [0.1, 0.15) is 0 Å². The number of fused-ring (bicyclic) bond motifs is 1. The Balaban J connectivity index is 2.51. The van der Waals surface area contributed by atoms with Gasteiger partial charge in [-0.3, -0.25) is 0 Å². The maximum Gasteiger partial charge on any atom is 0.189 e. The molecule has 2 rings (SSSR count). The molecule has 7 heteroatoms. The minimum Gasteiger partial charge on any atom is -0.369 e. The van der Waals surface area contributed by atoms with Gasteiger partial charge in [-0.2, -0.15) is 0 Å². The molecule has 0 aliphatic heterocycles. The molecule has 0 amide bonds. The van der Waals surface area contributed by atoms with E-state index in [1.165, 1.54) is 11.8 Å². The standard InChI is InChI=1S/C11H12BrN5S/c1-17(2)6-14-10-8(12)4-7-5-13-11(18-3)16-9(7)15-10/h4-6H,1-3H3/b14-6+. The van der Waals surface area contributed by atoms with Crippen molar-refractivity contribution in [2.75, 3.05) is 20.4 Å². The van der Waals surface area contributed by atoms with Crippen LogP contribution in [0.15, 0.2) is 26.9 Å². The SMILES string of the molecule is CSc1ncc2cc(Br)c(/N=C/N(C)C)nc2n1. The van der Waals surface area contributed by atoms with Gasteiger partial charge in [0.2, 0.25) is 0 Å². The summed E-state index contributed by atoms with van der Waals surface area (Å²) >= 11 is 4.94. The van der Waals surface area contributed by atoms with Crippen molar-refractivity contribution in [2.24, 2.45) is 4.99 Å². The van der Waals surface area contributed by atoms with Gasteiger partial charge in [-0.1, -0.05) is 11.8 Å². The summed E-state index contributed by atoms with van der Waals surface area (Å²) in [5, 5.41) is 1.60. The van der Waals surface area contributed by atoms with E-state index in [1.54, 1.807) is 12.5 Å². The average molecular weight is 326 g/mol. The van der Waals surface area contributed by atoms with Crippen LogP contribution in [0.3, 0.4) is 0 Å². The molecule has 2 heterocycles. The van der Waals surface area contributed by atoms with E-state index in [0.717, 1.165) is 9.86 Å². The molecule has 2 aromatic rings. The summed E-state index contributed by atoms with van der Waals surface area (Å²) in [6.45, 7) is 0. The predicted octanol–water partition coefficient (Wildman–Crippen LogP) is 2.73. The number of pyridine rings is 1. The van der Waals surface area contributed by atoms with Gasteiger partial charge in [-0.05, 0) is 28.3 Å². The van der Waals surface area contributed by atoms with Gasteiger partial charge in [0.15, 0.2) is 16.6 Å². The Kier molecular flexibility index (Phi) is 4.13. The van der Waals surface area contributed by atoms with E-state index >= 15 is 0 Å². The largest absolute Gasteiger partial charge is 0.369 e. The first-order valence-electron chi connectivity index (χ1n) is 5.18. The lowest BCUT2D eigenvalue weighted by Crippen LogP contribution is -2.07. The van der Waals surface area contributed by atoms with Crippen molar-refractivity contribution in [3.63, 3.8) is 0 Å². The highest BCUT2D eigenvalue weighted by molar-refractivity contribution is 9.10. The molecule has 0 N–H and O–H groups in total. The molecule has 5 nitrogen and oxygen atoms in total. The molecule has 0 aromatic carbocycles. The molecular formula is C11H12BrN5S. The second-order valence-corrected chi connectivity index (χ2v) is 5.40. The zero-order valence-corrected chi connectivity index (χ0v) is 12.7. The van der Waals surface area contributed by atoms with Gasteiger partial charge in [-0.25, -0.2) is 19.9 Å². The van der Waals surface area contributed by atoms with Gasteiger partial charge in [-0.15, -0.1) is 0 Å². The number of hydrogen-bond donors (Lipinski definition) is 0. The molecule has 0 aliphatic carbocycles. The van der Waals surface area contributed by atoms with Crippen molar-refractivity contribution in [1.29, 1.82) is 0 Å². The van der Waals surface area contributed by atoms with E-state index < -0.39 is 0 Å². The minimum atomic E-state index is 0.613. The van der Waals surface area contributed by atoms with Crippen LogP contribution in [0.25, 0.3) is 11.0 Å². The molecule has 0 radical (unpaired) electrons. The summed E-state index contributed by atoms with van der Waals surface area (Å²) in [5.74, 6) is 0.613. The lowest BCUT2D eigenvalue weighted by molar-refractivity contribution is 0.643. The number of aromatic nitrogens is 3. The van der Waals surface area contributed by atoms with Crippen molar-refractivity contribution in [2.45, 2.75) is 5.16 Å². The fourth-order valence-corrected chi connectivity index (χ4v) is 2.05. The van der Waals surface area contributed by atoms with Crippen LogP contribution < -0.4 is 0 Å². The maximum absolute atomic E-state index is 4.42. The monoisotopic (exact) mass is 325 g/mol. The summed E-state index contributed by atoms with van der Waals surface area (Å²) in [6.07, 6.45) is 5.41. The molecular weight excluding hydrogens is 314 g/mol. The van der Waals surface area contributed by atoms with Crippen LogP contribution in [0.1, 0.15) is 0 Å². The van der Waals surface area contributed by atoms with Crippen molar-refractivity contribution in [1.82, 2.24) is 19.9 Å². The number of rotatable bonds is 3. The molecule has 0 atom stereocenters. The molecule has 0 unspecified atom stereocenters. The first-order chi connectivity index (χ1) is 8.60. The third-order valence-corrected chi connectivity index (χ3v) is 3.22. The minimum absolute atomic E-state index is 0.613. The highest BCUT2D eigenvalue weighted by Crippen LogP contribution is 2.26. The first kappa shape index (κ1) is 13.2. The van der Waals surface area contributed by atoms with Gasteiger partial charge < -0.3 is 4.90 Å². The molecule has 18 heavy (non-hydrogen) atoms. The Morgan fingerprint density at radius 2 is 2.17 bits per heavy atom. The van der Waals surface area contributed by atoms with Crippen LogP contribution in [-0.4, -0.2) is 46.5 Å². The number of thioether (sulfide) groups is 1. The molecule has 0 bridgehead atoms. The van der Waals surface area contributed by atoms with Gasteiger partial charge in [0, 0.05) is 25.7 Å². The van der Waals surface area contributed by atoms with E-state index in [-0.39, 0.29) is 0 Å². The maximum atomic E-state index is 4.42. The van der Waals surface area contributed by atoms with Crippen LogP contribution in [0.2, 0.25) is 0 Å². The molecule has 94 valence electrons. The van der Waals surface area contributed by atoms with E-state index in [4.69, 9.17) is 0 Å². The molecule has 2 aromatic heterocycles. The van der Waals surface area contributed by atoms with Crippen molar-refractivity contribution in [3.8, 4) is 0 Å². The molecule has 0 aliphatic rings. The van der Waals surface area contributed by atoms with Crippen LogP contribution in [-0.2, 0) is 0 Å². The van der Waals surface area contributed by atoms with Crippen molar-refractivity contribution >= 4 is 50.9 Å². The molecule has 0 saturated carbocycles. The number of halogens is 1. The smallest absolute Gasteiger partial charge is 0.189 e. The number of aliphatic imine (C=N–C) groups is 1. The summed E-state index contributed by atoms with van der Waals surface area (Å²) < 4.78 is 0.827. The fourth-order valence-electron chi connectivity index (χ4n) is 1.27. The highest BCUT2D eigenvalue weighted by Gasteiger charge is 2.06. The van der Waals surface area contributed by atoms with E-state index in [9.17, 15) is 0 Å². The second kappa shape index (κ2) is 5.62. The normalized spacial score (nSPS) is 11.3. The van der Waals surface area contributed by atoms with Crippen LogP contribution in [0.5, 0.6) is 0 Å². The van der Waals surface area contributed by atoms with Crippen molar-refractivity contribution < 1.29 is 0 Å². The molecule has 0 fully saturated rings. The fraction of sp³-hybridized carbons (Fsp3) is 0.273. The van der Waals surface area contributed by atoms with Gasteiger partial charge in [0.05, 0.1) is 10.8 Å². The van der Waals surface area contributed by atoms with Crippen molar-refractivity contribution in [3.05, 3.63) is 16.7 Å². The van der Waals surface area contributed by atoms with Gasteiger partial charge in [0.25, 0.3) is 0 Å². The topological polar surface area (TPSA) is 54.3 Å². The molecule has 0 spiro atoms. The van der Waals surface area contributed by atoms with E-state index in [1.807, 2.05) is 31.3 Å². The Labute approximate surface area is 118 Å². The quantitative estimate of drug-likeness (QED) is 0.376. The first-order valence-corrected chi connectivity index (χ1v) is 7.20. The summed E-state index contributed by atoms with van der Waals surface area (Å²) in [5.41, 5.74) is 0.656. The average Bonchev–Trinajstić information content (AvgIpc) is 2.35. The van der Waals surface area contributed by atoms with Gasteiger partial charge >= 0.3 is 0 Å². The summed E-state index contributed by atoms with van der Waals surface area (Å²) in [6, 6.07) is 1.93. The Morgan fingerprint density at radius 3 is 2.83 bits per heavy atom. The lowest BCUT2D eigenvalue weighted by Gasteiger charge is -2.04. The highest BCUT2D eigenvalue weighted by atomic mass is 79.9. The lowest BCUT2D eigenvalue weighted by atomic mass is 10.3. The number of hydrogen-bond acceptors (Lipinski definition) is 5.